The molecular weight excluding hydrogens is 270 g/mol. The van der Waals surface area contributed by atoms with Crippen LogP contribution in [-0.2, 0) is 9.59 Å². The molecule has 1 fully saturated rings. The molecule has 2 rings (SSSR count). The van der Waals surface area contributed by atoms with Crippen LogP contribution in [0.15, 0.2) is 24.3 Å². The maximum absolute atomic E-state index is 12.2. The predicted octanol–water partition coefficient (Wildman–Crippen LogP) is 1.03. The van der Waals surface area contributed by atoms with E-state index in [0.29, 0.717) is 18.9 Å². The van der Waals surface area contributed by atoms with E-state index in [9.17, 15) is 9.59 Å². The van der Waals surface area contributed by atoms with Crippen LogP contribution in [0.3, 0.4) is 0 Å². The van der Waals surface area contributed by atoms with Gasteiger partial charge in [-0.25, -0.2) is 5.01 Å². The molecule has 1 aromatic carbocycles. The Bertz CT molecular complexity index is 531. The maximum atomic E-state index is 12.2. The van der Waals surface area contributed by atoms with Crippen LogP contribution in [0.1, 0.15) is 13.3 Å². The Hall–Kier alpha value is -2.08. The molecule has 1 N–H and O–H groups in total. The van der Waals surface area contributed by atoms with Crippen molar-refractivity contribution in [2.45, 2.75) is 13.3 Å². The van der Waals surface area contributed by atoms with E-state index >= 15 is 0 Å². The van der Waals surface area contributed by atoms with Crippen molar-refractivity contribution < 1.29 is 14.3 Å². The molecule has 6 heteroatoms. The first-order valence-electron chi connectivity index (χ1n) is 7.03. The van der Waals surface area contributed by atoms with E-state index in [2.05, 4.69) is 5.43 Å². The van der Waals surface area contributed by atoms with E-state index < -0.39 is 0 Å². The molecule has 0 aromatic heterocycles. The van der Waals surface area contributed by atoms with Crippen molar-refractivity contribution >= 4 is 17.5 Å². The average molecular weight is 291 g/mol. The third-order valence-electron chi connectivity index (χ3n) is 3.29. The summed E-state index contributed by atoms with van der Waals surface area (Å²) in [6.07, 6.45) is 0.222. The van der Waals surface area contributed by atoms with Gasteiger partial charge in [-0.1, -0.05) is 12.1 Å². The van der Waals surface area contributed by atoms with Gasteiger partial charge in [-0.05, 0) is 19.1 Å². The summed E-state index contributed by atoms with van der Waals surface area (Å²) in [4.78, 5) is 25.9. The fraction of sp³-hybridized carbons (Fsp3) is 0.467. The second-order valence-corrected chi connectivity index (χ2v) is 5.18. The summed E-state index contributed by atoms with van der Waals surface area (Å²) < 4.78 is 5.56. The van der Waals surface area contributed by atoms with Gasteiger partial charge in [0.15, 0.2) is 0 Å². The van der Waals surface area contributed by atoms with Crippen molar-refractivity contribution in [1.29, 1.82) is 0 Å². The summed E-state index contributed by atoms with van der Waals surface area (Å²) in [7, 11) is 3.49. The van der Waals surface area contributed by atoms with Crippen LogP contribution < -0.4 is 15.1 Å². The van der Waals surface area contributed by atoms with Gasteiger partial charge in [0.2, 0.25) is 11.8 Å². The number of nitrogens with zero attached hydrogens (tertiary/aromatic N) is 2. The standard InChI is InChI=1S/C15H21N3O3/c1-4-21-13-8-6-5-7-12(13)18-10-11(9-14(18)19)15(20)16-17(2)3/h5-8,11H,4,9-10H2,1-3H3,(H,16,20)/t11-/m0/s1. The first-order valence-corrected chi connectivity index (χ1v) is 7.03. The molecule has 1 aliphatic heterocycles. The largest absolute Gasteiger partial charge is 0.492 e. The second kappa shape index (κ2) is 6.58. The van der Waals surface area contributed by atoms with E-state index in [1.807, 2.05) is 31.2 Å². The molecule has 114 valence electrons. The average Bonchev–Trinajstić information content (AvgIpc) is 2.81. The zero-order chi connectivity index (χ0) is 15.4. The van der Waals surface area contributed by atoms with Crippen molar-refractivity contribution in [2.75, 3.05) is 32.1 Å². The van der Waals surface area contributed by atoms with Crippen LogP contribution in [0.2, 0.25) is 0 Å². The molecule has 2 amide bonds. The Morgan fingerprint density at radius 3 is 2.81 bits per heavy atom. The fourth-order valence-corrected chi connectivity index (χ4v) is 2.39. The number of rotatable bonds is 5. The molecule has 1 aliphatic rings. The minimum absolute atomic E-state index is 0.0546. The zero-order valence-electron chi connectivity index (χ0n) is 12.6. The van der Waals surface area contributed by atoms with E-state index in [1.54, 1.807) is 24.0 Å². The van der Waals surface area contributed by atoms with Gasteiger partial charge in [0, 0.05) is 27.1 Å². The Labute approximate surface area is 124 Å². The number of carbonyl (C=O) groups is 2. The second-order valence-electron chi connectivity index (χ2n) is 5.18. The zero-order valence-corrected chi connectivity index (χ0v) is 12.6. The van der Waals surface area contributed by atoms with Crippen LogP contribution in [0.25, 0.3) is 0 Å². The Kier molecular flexibility index (Phi) is 4.80. The van der Waals surface area contributed by atoms with Gasteiger partial charge in [0.05, 0.1) is 18.2 Å². The Balaban J connectivity index is 2.15. The molecular formula is C15H21N3O3. The van der Waals surface area contributed by atoms with Crippen molar-refractivity contribution in [1.82, 2.24) is 10.4 Å². The Morgan fingerprint density at radius 2 is 2.14 bits per heavy atom. The van der Waals surface area contributed by atoms with Gasteiger partial charge in [-0.15, -0.1) is 0 Å². The summed E-state index contributed by atoms with van der Waals surface area (Å²) in [5.74, 6) is 0.141. The number of hydrogen-bond donors (Lipinski definition) is 1. The van der Waals surface area contributed by atoms with Gasteiger partial charge >= 0.3 is 0 Å². The normalized spacial score (nSPS) is 18.2. The lowest BCUT2D eigenvalue weighted by Crippen LogP contribution is -2.41. The molecule has 0 radical (unpaired) electrons. The van der Waals surface area contributed by atoms with Gasteiger partial charge in [-0.3, -0.25) is 15.0 Å². The SMILES string of the molecule is CCOc1ccccc1N1C[C@@H](C(=O)NN(C)C)CC1=O. The third kappa shape index (κ3) is 3.52. The highest BCUT2D eigenvalue weighted by atomic mass is 16.5. The van der Waals surface area contributed by atoms with Gasteiger partial charge in [0.25, 0.3) is 0 Å². The van der Waals surface area contributed by atoms with Crippen molar-refractivity contribution in [2.24, 2.45) is 5.92 Å². The molecule has 21 heavy (non-hydrogen) atoms. The van der Waals surface area contributed by atoms with Gasteiger partial charge in [-0.2, -0.15) is 0 Å². The summed E-state index contributed by atoms with van der Waals surface area (Å²) in [6, 6.07) is 7.40. The van der Waals surface area contributed by atoms with E-state index in [-0.39, 0.29) is 24.2 Å². The lowest BCUT2D eigenvalue weighted by molar-refractivity contribution is -0.129. The topological polar surface area (TPSA) is 61.9 Å². The van der Waals surface area contributed by atoms with Crippen molar-refractivity contribution in [3.8, 4) is 5.75 Å². The molecule has 1 heterocycles. The monoisotopic (exact) mass is 291 g/mol. The number of hydrogen-bond acceptors (Lipinski definition) is 4. The number of ether oxygens (including phenoxy) is 1. The molecule has 0 aliphatic carbocycles. The van der Waals surface area contributed by atoms with Crippen LogP contribution in [0, 0.1) is 5.92 Å². The molecule has 0 saturated carbocycles. The molecule has 1 aromatic rings. The minimum Gasteiger partial charge on any atom is -0.492 e. The molecule has 6 nitrogen and oxygen atoms in total. The van der Waals surface area contributed by atoms with Gasteiger partial charge < -0.3 is 9.64 Å². The highest BCUT2D eigenvalue weighted by molar-refractivity contribution is 6.01. The maximum Gasteiger partial charge on any atom is 0.239 e. The quantitative estimate of drug-likeness (QED) is 0.823. The fourth-order valence-electron chi connectivity index (χ4n) is 2.39. The highest BCUT2D eigenvalue weighted by Crippen LogP contribution is 2.33. The molecule has 0 unspecified atom stereocenters. The Morgan fingerprint density at radius 1 is 1.43 bits per heavy atom. The number of carbonyl (C=O) groups excluding carboxylic acids is 2. The smallest absolute Gasteiger partial charge is 0.239 e. The van der Waals surface area contributed by atoms with Crippen molar-refractivity contribution in [3.05, 3.63) is 24.3 Å². The third-order valence-corrected chi connectivity index (χ3v) is 3.29. The lowest BCUT2D eigenvalue weighted by atomic mass is 10.1. The number of hydrazine groups is 1. The molecule has 0 spiro atoms. The predicted molar refractivity (Wildman–Crippen MR) is 79.9 cm³/mol. The summed E-state index contributed by atoms with van der Waals surface area (Å²) in [5, 5.41) is 1.59. The number of nitrogens with one attached hydrogen (secondary N) is 1. The van der Waals surface area contributed by atoms with E-state index in [4.69, 9.17) is 4.74 Å². The van der Waals surface area contributed by atoms with Crippen molar-refractivity contribution in [3.63, 3.8) is 0 Å². The minimum atomic E-state index is -0.338. The molecule has 1 atom stereocenters. The summed E-state index contributed by atoms with van der Waals surface area (Å²) in [5.41, 5.74) is 3.43. The highest BCUT2D eigenvalue weighted by Gasteiger charge is 2.36. The summed E-state index contributed by atoms with van der Waals surface area (Å²) >= 11 is 0. The number of amides is 2. The van der Waals surface area contributed by atoms with Crippen LogP contribution in [0.4, 0.5) is 5.69 Å². The number of anilines is 1. The van der Waals surface area contributed by atoms with Crippen LogP contribution in [0.5, 0.6) is 5.75 Å². The first-order chi connectivity index (χ1) is 10.0. The van der Waals surface area contributed by atoms with Crippen LogP contribution in [-0.4, -0.2) is 44.1 Å². The lowest BCUT2D eigenvalue weighted by Gasteiger charge is -2.20. The molecule has 1 saturated heterocycles. The number of benzene rings is 1. The van der Waals surface area contributed by atoms with Gasteiger partial charge in [0.1, 0.15) is 5.75 Å². The first kappa shape index (κ1) is 15.3. The van der Waals surface area contributed by atoms with E-state index in [0.717, 1.165) is 5.69 Å². The number of para-hydroxylation sites is 2. The summed E-state index contributed by atoms with van der Waals surface area (Å²) in [6.45, 7) is 2.81. The van der Waals surface area contributed by atoms with Crippen LogP contribution >= 0.6 is 0 Å². The molecule has 0 bridgehead atoms. The van der Waals surface area contributed by atoms with E-state index in [1.165, 1.54) is 0 Å².